The van der Waals surface area contributed by atoms with E-state index in [0.29, 0.717) is 11.7 Å². The minimum Gasteiger partial charge on any atom is -0.376 e. The summed E-state index contributed by atoms with van der Waals surface area (Å²) >= 11 is 3.05. The Bertz CT molecular complexity index is 947. The number of thiazole rings is 1. The quantitative estimate of drug-likeness (QED) is 0.613. The van der Waals surface area contributed by atoms with Crippen LogP contribution in [0.2, 0.25) is 0 Å². The second kappa shape index (κ2) is 9.02. The normalized spacial score (nSPS) is 17.3. The molecule has 2 unspecified atom stereocenters. The zero-order chi connectivity index (χ0) is 20.2. The van der Waals surface area contributed by atoms with Crippen molar-refractivity contribution in [1.29, 1.82) is 0 Å². The number of amides is 2. The van der Waals surface area contributed by atoms with Gasteiger partial charge in [-0.25, -0.2) is 4.98 Å². The van der Waals surface area contributed by atoms with Crippen molar-refractivity contribution >= 4 is 49.8 Å². The van der Waals surface area contributed by atoms with Crippen molar-refractivity contribution in [1.82, 2.24) is 10.3 Å². The van der Waals surface area contributed by atoms with Gasteiger partial charge >= 0.3 is 0 Å². The molecule has 2 atom stereocenters. The third-order valence-electron chi connectivity index (χ3n) is 4.87. The molecule has 1 saturated heterocycles. The first-order valence-corrected chi connectivity index (χ1v) is 11.4. The number of benzene rings is 1. The largest absolute Gasteiger partial charge is 0.376 e. The van der Waals surface area contributed by atoms with Crippen LogP contribution in [0.15, 0.2) is 41.8 Å². The molecule has 3 heterocycles. The van der Waals surface area contributed by atoms with Crippen molar-refractivity contribution in [2.75, 3.05) is 18.1 Å². The number of ether oxygens (including phenoxy) is 1. The molecule has 1 aromatic carbocycles. The van der Waals surface area contributed by atoms with Crippen LogP contribution in [0.1, 0.15) is 37.1 Å². The molecule has 29 heavy (non-hydrogen) atoms. The van der Waals surface area contributed by atoms with Gasteiger partial charge < -0.3 is 10.1 Å². The Morgan fingerprint density at radius 3 is 2.86 bits per heavy atom. The number of aromatic nitrogens is 1. The van der Waals surface area contributed by atoms with Gasteiger partial charge in [0, 0.05) is 18.4 Å². The summed E-state index contributed by atoms with van der Waals surface area (Å²) in [6.45, 7) is 2.69. The maximum atomic E-state index is 13.4. The van der Waals surface area contributed by atoms with Gasteiger partial charge in [0.2, 0.25) is 11.8 Å². The summed E-state index contributed by atoms with van der Waals surface area (Å²) in [6, 6.07) is 11.4. The van der Waals surface area contributed by atoms with Crippen molar-refractivity contribution in [3.63, 3.8) is 0 Å². The van der Waals surface area contributed by atoms with E-state index in [1.54, 1.807) is 4.90 Å². The molecule has 0 saturated carbocycles. The molecule has 4 rings (SSSR count). The zero-order valence-corrected chi connectivity index (χ0v) is 17.8. The van der Waals surface area contributed by atoms with Crippen molar-refractivity contribution < 1.29 is 14.3 Å². The number of nitrogens with one attached hydrogen (secondary N) is 1. The Balaban J connectivity index is 1.60. The fourth-order valence-corrected chi connectivity index (χ4v) is 5.27. The summed E-state index contributed by atoms with van der Waals surface area (Å²) in [7, 11) is 0. The lowest BCUT2D eigenvalue weighted by Gasteiger charge is -2.25. The molecule has 1 aliphatic heterocycles. The smallest absolute Gasteiger partial charge is 0.231 e. The third kappa shape index (κ3) is 4.83. The summed E-state index contributed by atoms with van der Waals surface area (Å²) in [6.07, 6.45) is 2.15. The van der Waals surface area contributed by atoms with Crippen LogP contribution in [-0.2, 0) is 14.3 Å². The topological polar surface area (TPSA) is 71.5 Å². The maximum absolute atomic E-state index is 13.4. The van der Waals surface area contributed by atoms with Gasteiger partial charge in [0.1, 0.15) is 0 Å². The van der Waals surface area contributed by atoms with Crippen LogP contribution in [0.25, 0.3) is 10.2 Å². The number of para-hydroxylation sites is 1. The fraction of sp³-hybridized carbons (Fsp3) is 0.381. The van der Waals surface area contributed by atoms with Gasteiger partial charge in [0.05, 0.1) is 35.3 Å². The number of rotatable bonds is 7. The lowest BCUT2D eigenvalue weighted by atomic mass is 10.1. The van der Waals surface area contributed by atoms with Crippen LogP contribution in [0, 0.1) is 0 Å². The number of carbonyl (C=O) groups excluding carboxylic acids is 2. The highest BCUT2D eigenvalue weighted by molar-refractivity contribution is 7.22. The van der Waals surface area contributed by atoms with Gasteiger partial charge in [-0.1, -0.05) is 29.5 Å². The highest BCUT2D eigenvalue weighted by atomic mass is 32.1. The van der Waals surface area contributed by atoms with Gasteiger partial charge in [-0.2, -0.15) is 0 Å². The molecule has 0 radical (unpaired) electrons. The van der Waals surface area contributed by atoms with E-state index in [-0.39, 0.29) is 30.4 Å². The van der Waals surface area contributed by atoms with Crippen molar-refractivity contribution in [3.8, 4) is 0 Å². The van der Waals surface area contributed by atoms with Gasteiger partial charge in [0.15, 0.2) is 5.13 Å². The van der Waals surface area contributed by atoms with E-state index in [1.807, 2.05) is 41.8 Å². The van der Waals surface area contributed by atoms with Crippen LogP contribution >= 0.6 is 22.7 Å². The fourth-order valence-electron chi connectivity index (χ4n) is 3.50. The number of anilines is 1. The number of hydrogen-bond acceptors (Lipinski definition) is 6. The SMILES string of the molecule is CC(=O)NC(CC(=O)N(CC1CCCO1)c1nc2ccccc2s1)c1cccs1. The summed E-state index contributed by atoms with van der Waals surface area (Å²) in [5, 5.41) is 5.55. The second-order valence-corrected chi connectivity index (χ2v) is 9.06. The lowest BCUT2D eigenvalue weighted by Crippen LogP contribution is -2.40. The number of nitrogens with zero attached hydrogens (tertiary/aromatic N) is 2. The van der Waals surface area contributed by atoms with E-state index < -0.39 is 0 Å². The Labute approximate surface area is 177 Å². The Morgan fingerprint density at radius 1 is 1.31 bits per heavy atom. The first-order chi connectivity index (χ1) is 14.1. The van der Waals surface area contributed by atoms with Crippen LogP contribution < -0.4 is 10.2 Å². The van der Waals surface area contributed by atoms with Crippen molar-refractivity contribution in [2.24, 2.45) is 0 Å². The van der Waals surface area contributed by atoms with Gasteiger partial charge in [-0.05, 0) is 36.4 Å². The van der Waals surface area contributed by atoms with Crippen molar-refractivity contribution in [2.45, 2.75) is 38.3 Å². The van der Waals surface area contributed by atoms with Crippen LogP contribution in [0.5, 0.6) is 0 Å². The number of hydrogen-bond donors (Lipinski definition) is 1. The van der Waals surface area contributed by atoms with Crippen molar-refractivity contribution in [3.05, 3.63) is 46.7 Å². The monoisotopic (exact) mass is 429 g/mol. The Kier molecular flexibility index (Phi) is 6.22. The van der Waals surface area contributed by atoms with Gasteiger partial charge in [-0.3, -0.25) is 14.5 Å². The molecule has 1 fully saturated rings. The van der Waals surface area contributed by atoms with E-state index in [2.05, 4.69) is 5.32 Å². The minimum atomic E-state index is -0.346. The average molecular weight is 430 g/mol. The molecule has 0 bridgehead atoms. The van der Waals surface area contributed by atoms with E-state index in [9.17, 15) is 9.59 Å². The number of carbonyl (C=O) groups is 2. The highest BCUT2D eigenvalue weighted by Gasteiger charge is 2.28. The van der Waals surface area contributed by atoms with E-state index >= 15 is 0 Å². The molecule has 2 aromatic heterocycles. The average Bonchev–Trinajstić information content (AvgIpc) is 3.46. The van der Waals surface area contributed by atoms with E-state index in [1.165, 1.54) is 29.6 Å². The lowest BCUT2D eigenvalue weighted by molar-refractivity contribution is -0.121. The second-order valence-electron chi connectivity index (χ2n) is 7.08. The molecular weight excluding hydrogens is 406 g/mol. The summed E-state index contributed by atoms with van der Waals surface area (Å²) in [5.41, 5.74) is 0.884. The van der Waals surface area contributed by atoms with Crippen LogP contribution in [0.3, 0.4) is 0 Å². The molecule has 152 valence electrons. The summed E-state index contributed by atoms with van der Waals surface area (Å²) in [4.78, 5) is 32.5. The molecule has 3 aromatic rings. The first-order valence-electron chi connectivity index (χ1n) is 9.68. The standard InChI is InChI=1S/C21H23N3O3S2/c1-14(25)22-17(18-9-5-11-28-18)12-20(26)24(13-15-6-4-10-27-15)21-23-16-7-2-3-8-19(16)29-21/h2-3,5,7-9,11,15,17H,4,6,10,12-13H2,1H3,(H,22,25). The number of fused-ring (bicyclic) bond motifs is 1. The molecular formula is C21H23N3O3S2. The molecule has 0 aliphatic carbocycles. The molecule has 2 amide bonds. The molecule has 8 heteroatoms. The third-order valence-corrected chi connectivity index (χ3v) is 6.91. The predicted molar refractivity (Wildman–Crippen MR) is 116 cm³/mol. The molecule has 1 aliphatic rings. The predicted octanol–water partition coefficient (Wildman–Crippen LogP) is 4.14. The van der Waals surface area contributed by atoms with Gasteiger partial charge in [-0.15, -0.1) is 11.3 Å². The molecule has 1 N–H and O–H groups in total. The Morgan fingerprint density at radius 2 is 2.17 bits per heavy atom. The van der Waals surface area contributed by atoms with E-state index in [4.69, 9.17) is 9.72 Å². The molecule has 6 nitrogen and oxygen atoms in total. The maximum Gasteiger partial charge on any atom is 0.231 e. The highest BCUT2D eigenvalue weighted by Crippen LogP contribution is 2.31. The Hall–Kier alpha value is -2.29. The summed E-state index contributed by atoms with van der Waals surface area (Å²) in [5.74, 6) is -0.214. The van der Waals surface area contributed by atoms with E-state index in [0.717, 1.165) is 34.5 Å². The minimum absolute atomic E-state index is 0.0203. The summed E-state index contributed by atoms with van der Waals surface area (Å²) < 4.78 is 6.83. The molecule has 0 spiro atoms. The first kappa shape index (κ1) is 20.0. The van der Waals surface area contributed by atoms with Crippen LogP contribution in [-0.4, -0.2) is 36.1 Å². The zero-order valence-electron chi connectivity index (χ0n) is 16.2. The number of thiophene rings is 1. The van der Waals surface area contributed by atoms with Gasteiger partial charge in [0.25, 0.3) is 0 Å². The van der Waals surface area contributed by atoms with Crippen LogP contribution in [0.4, 0.5) is 5.13 Å².